The Labute approximate surface area is 183 Å². The van der Waals surface area contributed by atoms with E-state index in [2.05, 4.69) is 23.7 Å². The predicted octanol–water partition coefficient (Wildman–Crippen LogP) is 2.04. The monoisotopic (exact) mass is 438 g/mol. The zero-order chi connectivity index (χ0) is 23.7. The van der Waals surface area contributed by atoms with Crippen molar-refractivity contribution in [2.45, 2.75) is 12.5 Å². The van der Waals surface area contributed by atoms with Gasteiger partial charge in [0, 0.05) is 36.5 Å². The smallest absolute Gasteiger partial charge is 0.278 e. The summed E-state index contributed by atoms with van der Waals surface area (Å²) in [4.78, 5) is 25.7. The maximum atomic E-state index is 12.7. The van der Waals surface area contributed by atoms with Crippen molar-refractivity contribution in [3.8, 4) is 23.7 Å². The highest BCUT2D eigenvalue weighted by molar-refractivity contribution is 6.11. The lowest BCUT2D eigenvalue weighted by atomic mass is 10.1. The number of halogens is 2. The molecule has 164 valence electrons. The van der Waals surface area contributed by atoms with Gasteiger partial charge in [0.15, 0.2) is 6.04 Å². The number of nitrogens with zero attached hydrogens (tertiary/aromatic N) is 1. The maximum Gasteiger partial charge on any atom is 0.278 e. The molecule has 0 aliphatic carbocycles. The van der Waals surface area contributed by atoms with E-state index < -0.39 is 30.0 Å². The van der Waals surface area contributed by atoms with Crippen LogP contribution in [0.5, 0.6) is 0 Å². The number of hydrogen-bond acceptors (Lipinski definition) is 5. The second-order valence-corrected chi connectivity index (χ2v) is 6.66. The van der Waals surface area contributed by atoms with Crippen molar-refractivity contribution in [1.29, 1.82) is 5.41 Å². The lowest BCUT2D eigenvalue weighted by Crippen LogP contribution is -2.52. The number of alkyl halides is 2. The van der Waals surface area contributed by atoms with Gasteiger partial charge in [0.25, 0.3) is 18.2 Å². The van der Waals surface area contributed by atoms with Crippen LogP contribution in [-0.4, -0.2) is 49.3 Å². The van der Waals surface area contributed by atoms with Crippen LogP contribution in [0.15, 0.2) is 48.5 Å². The topological polar surface area (TPSA) is 106 Å². The molecule has 0 spiro atoms. The number of hydroxylamine groups is 1. The quantitative estimate of drug-likeness (QED) is 0.240. The summed E-state index contributed by atoms with van der Waals surface area (Å²) in [5.41, 5.74) is 2.29. The summed E-state index contributed by atoms with van der Waals surface area (Å²) in [6.07, 6.45) is -3.28. The average Bonchev–Trinajstić information content (AvgIpc) is 2.79. The standard InChI is InChI=1S/C23H20F2N4O3/c1-29(2)18-13-9-16(10-14-18)6-4-3-5-15-7-11-17(12-8-15)22(30)27-20(23(31)28-32)19(26)21(24)25/h7-14,20-21,26,32H,1-2H3,(H,27,30)(H,28,31)/t20-/m0/s1. The minimum atomic E-state index is -3.28. The number of benzene rings is 2. The Morgan fingerprint density at radius 2 is 1.47 bits per heavy atom. The van der Waals surface area contributed by atoms with E-state index in [1.807, 2.05) is 48.6 Å². The van der Waals surface area contributed by atoms with Crippen molar-refractivity contribution >= 4 is 23.2 Å². The van der Waals surface area contributed by atoms with E-state index in [4.69, 9.17) is 10.6 Å². The molecule has 0 aliphatic heterocycles. The molecule has 0 aliphatic rings. The van der Waals surface area contributed by atoms with Crippen molar-refractivity contribution < 1.29 is 23.6 Å². The molecule has 0 aromatic heterocycles. The third-order valence-electron chi connectivity index (χ3n) is 4.20. The Bertz CT molecular complexity index is 1110. The van der Waals surface area contributed by atoms with E-state index in [1.54, 1.807) is 0 Å². The van der Waals surface area contributed by atoms with Gasteiger partial charge in [-0.2, -0.15) is 0 Å². The number of nitrogens with one attached hydrogen (secondary N) is 3. The number of carbonyl (C=O) groups excluding carboxylic acids is 2. The SMILES string of the molecule is CN(C)c1ccc(C#CC#Cc2ccc(C(=O)N[C@@H](C(=N)C(F)F)C(=O)NO)cc2)cc1. The Morgan fingerprint density at radius 1 is 0.969 bits per heavy atom. The molecular weight excluding hydrogens is 418 g/mol. The number of amides is 2. The molecule has 32 heavy (non-hydrogen) atoms. The van der Waals surface area contributed by atoms with Gasteiger partial charge in [-0.15, -0.1) is 0 Å². The Hall–Kier alpha value is -4.21. The zero-order valence-corrected chi connectivity index (χ0v) is 17.2. The Kier molecular flexibility index (Phi) is 8.46. The van der Waals surface area contributed by atoms with E-state index in [9.17, 15) is 18.4 Å². The first-order valence-corrected chi connectivity index (χ1v) is 9.23. The van der Waals surface area contributed by atoms with Crippen LogP contribution in [0.25, 0.3) is 0 Å². The van der Waals surface area contributed by atoms with Gasteiger partial charge in [0.1, 0.15) is 5.71 Å². The molecule has 4 N–H and O–H groups in total. The van der Waals surface area contributed by atoms with E-state index in [1.165, 1.54) is 24.3 Å². The first kappa shape index (κ1) is 24.1. The van der Waals surface area contributed by atoms with Gasteiger partial charge in [0.2, 0.25) is 0 Å². The lowest BCUT2D eigenvalue weighted by Gasteiger charge is -2.17. The molecule has 0 saturated carbocycles. The largest absolute Gasteiger partial charge is 0.378 e. The number of carbonyl (C=O) groups is 2. The predicted molar refractivity (Wildman–Crippen MR) is 116 cm³/mol. The van der Waals surface area contributed by atoms with Crippen LogP contribution in [-0.2, 0) is 4.79 Å². The summed E-state index contributed by atoms with van der Waals surface area (Å²) >= 11 is 0. The minimum Gasteiger partial charge on any atom is -0.378 e. The molecule has 2 amide bonds. The maximum absolute atomic E-state index is 12.7. The summed E-state index contributed by atoms with van der Waals surface area (Å²) in [7, 11) is 3.89. The third kappa shape index (κ3) is 6.66. The van der Waals surface area contributed by atoms with Crippen molar-refractivity contribution in [3.63, 3.8) is 0 Å². The first-order valence-electron chi connectivity index (χ1n) is 9.23. The summed E-state index contributed by atoms with van der Waals surface area (Å²) < 4.78 is 25.4. The highest BCUT2D eigenvalue weighted by Gasteiger charge is 2.30. The van der Waals surface area contributed by atoms with Crippen molar-refractivity contribution in [1.82, 2.24) is 10.8 Å². The molecule has 0 saturated heterocycles. The van der Waals surface area contributed by atoms with E-state index in [0.717, 1.165) is 16.7 Å². The van der Waals surface area contributed by atoms with Gasteiger partial charge >= 0.3 is 0 Å². The van der Waals surface area contributed by atoms with Gasteiger partial charge in [-0.3, -0.25) is 14.8 Å². The average molecular weight is 438 g/mol. The van der Waals surface area contributed by atoms with Gasteiger partial charge in [-0.05, 0) is 60.4 Å². The van der Waals surface area contributed by atoms with Crippen LogP contribution in [0, 0.1) is 29.1 Å². The second kappa shape index (κ2) is 11.3. The molecule has 9 heteroatoms. The molecule has 0 bridgehead atoms. The fraction of sp³-hybridized carbons (Fsp3) is 0.174. The lowest BCUT2D eigenvalue weighted by molar-refractivity contribution is -0.129. The highest BCUT2D eigenvalue weighted by Crippen LogP contribution is 2.11. The molecule has 2 aromatic rings. The molecular formula is C23H20F2N4O3. The van der Waals surface area contributed by atoms with Crippen LogP contribution in [0.4, 0.5) is 14.5 Å². The molecule has 0 heterocycles. The molecule has 2 rings (SSSR count). The van der Waals surface area contributed by atoms with Crippen LogP contribution >= 0.6 is 0 Å². The fourth-order valence-corrected chi connectivity index (χ4v) is 2.44. The van der Waals surface area contributed by atoms with Crippen LogP contribution in [0.1, 0.15) is 21.5 Å². The van der Waals surface area contributed by atoms with Crippen molar-refractivity contribution in [2.75, 3.05) is 19.0 Å². The van der Waals surface area contributed by atoms with Crippen LogP contribution in [0.2, 0.25) is 0 Å². The summed E-state index contributed by atoms with van der Waals surface area (Å²) in [5.74, 6) is 8.96. The first-order chi connectivity index (χ1) is 15.2. The van der Waals surface area contributed by atoms with Crippen molar-refractivity contribution in [3.05, 3.63) is 65.2 Å². The van der Waals surface area contributed by atoms with Crippen LogP contribution in [0.3, 0.4) is 0 Å². The van der Waals surface area contributed by atoms with Gasteiger partial charge in [0.05, 0.1) is 0 Å². The normalized spacial score (nSPS) is 10.7. The number of hydrogen-bond donors (Lipinski definition) is 4. The summed E-state index contributed by atoms with van der Waals surface area (Å²) in [6, 6.07) is 11.5. The van der Waals surface area contributed by atoms with E-state index in [0.29, 0.717) is 5.56 Å². The Balaban J connectivity index is 2.05. The third-order valence-corrected chi connectivity index (χ3v) is 4.20. The number of rotatable bonds is 6. The fourth-order valence-electron chi connectivity index (χ4n) is 2.44. The van der Waals surface area contributed by atoms with Crippen molar-refractivity contribution in [2.24, 2.45) is 0 Å². The Morgan fingerprint density at radius 3 is 1.91 bits per heavy atom. The minimum absolute atomic E-state index is 0.0559. The molecule has 1 atom stereocenters. The molecule has 0 unspecified atom stereocenters. The zero-order valence-electron chi connectivity index (χ0n) is 17.2. The van der Waals surface area contributed by atoms with Gasteiger partial charge < -0.3 is 15.6 Å². The van der Waals surface area contributed by atoms with E-state index >= 15 is 0 Å². The molecule has 0 fully saturated rings. The molecule has 7 nitrogen and oxygen atoms in total. The van der Waals surface area contributed by atoms with Gasteiger partial charge in [-0.1, -0.05) is 11.8 Å². The van der Waals surface area contributed by atoms with E-state index in [-0.39, 0.29) is 5.56 Å². The highest BCUT2D eigenvalue weighted by atomic mass is 19.3. The van der Waals surface area contributed by atoms with Gasteiger partial charge in [-0.25, -0.2) is 14.3 Å². The number of anilines is 1. The summed E-state index contributed by atoms with van der Waals surface area (Å²) in [5, 5.41) is 17.9. The summed E-state index contributed by atoms with van der Waals surface area (Å²) in [6.45, 7) is 0. The molecule has 2 aromatic carbocycles. The second-order valence-electron chi connectivity index (χ2n) is 6.66. The van der Waals surface area contributed by atoms with Crippen LogP contribution < -0.4 is 15.7 Å². The molecule has 0 radical (unpaired) electrons.